The first-order valence-electron chi connectivity index (χ1n) is 12.9. The van der Waals surface area contributed by atoms with Gasteiger partial charge in [-0.15, -0.1) is 0 Å². The smallest absolute Gasteiger partial charge is 0.312 e. The summed E-state index contributed by atoms with van der Waals surface area (Å²) in [5, 5.41) is 0. The summed E-state index contributed by atoms with van der Waals surface area (Å²) in [5.41, 5.74) is -0.151. The van der Waals surface area contributed by atoms with Crippen LogP contribution in [0.15, 0.2) is 0 Å². The molecule has 0 amide bonds. The van der Waals surface area contributed by atoms with Crippen molar-refractivity contribution in [3.05, 3.63) is 0 Å². The maximum absolute atomic E-state index is 13.4. The zero-order valence-corrected chi connectivity index (χ0v) is 18.9. The number of rotatable bonds is 8. The molecule has 0 unspecified atom stereocenters. The monoisotopic (exact) mass is 390 g/mol. The molecule has 0 radical (unpaired) electrons. The number of esters is 1. The third kappa shape index (κ3) is 5.76. The normalized spacial score (nSPS) is 34.9. The van der Waals surface area contributed by atoms with Crippen molar-refractivity contribution in [2.24, 2.45) is 23.2 Å². The lowest BCUT2D eigenvalue weighted by atomic mass is 9.63. The van der Waals surface area contributed by atoms with Crippen molar-refractivity contribution in [2.75, 3.05) is 0 Å². The lowest BCUT2D eigenvalue weighted by Crippen LogP contribution is -2.40. The van der Waals surface area contributed by atoms with Crippen LogP contribution in [0.1, 0.15) is 129 Å². The molecule has 162 valence electrons. The Labute approximate surface area is 174 Å². The molecule has 0 aliphatic heterocycles. The number of carbonyl (C=O) groups is 1. The highest BCUT2D eigenvalue weighted by Crippen LogP contribution is 2.48. The van der Waals surface area contributed by atoms with E-state index in [4.69, 9.17) is 4.74 Å². The molecule has 0 saturated heterocycles. The molecule has 3 aliphatic carbocycles. The SMILES string of the molecule is CCCC[C@]1(C(=O)OC2CCC(CCC)CC2)CC[C@@H](C2CCCCC2)CC1. The molecule has 2 heteroatoms. The molecule has 2 nitrogen and oxygen atoms in total. The minimum Gasteiger partial charge on any atom is -0.462 e. The summed E-state index contributed by atoms with van der Waals surface area (Å²) in [6, 6.07) is 0. The number of ether oxygens (including phenoxy) is 1. The van der Waals surface area contributed by atoms with E-state index in [1.807, 2.05) is 0 Å². The highest BCUT2D eigenvalue weighted by molar-refractivity contribution is 5.77. The van der Waals surface area contributed by atoms with Crippen molar-refractivity contribution in [2.45, 2.75) is 136 Å². The van der Waals surface area contributed by atoms with E-state index in [0.717, 1.165) is 49.9 Å². The first kappa shape index (κ1) is 22.2. The Bertz CT molecular complexity index is 449. The summed E-state index contributed by atoms with van der Waals surface area (Å²) in [6.07, 6.45) is 22.9. The van der Waals surface area contributed by atoms with Crippen LogP contribution in [0.25, 0.3) is 0 Å². The Morgan fingerprint density at radius 1 is 0.821 bits per heavy atom. The van der Waals surface area contributed by atoms with E-state index in [0.29, 0.717) is 0 Å². The fraction of sp³-hybridized carbons (Fsp3) is 0.962. The molecule has 3 saturated carbocycles. The molecule has 28 heavy (non-hydrogen) atoms. The Kier molecular flexibility index (Phi) is 8.72. The molecule has 0 aromatic carbocycles. The number of unbranched alkanes of at least 4 members (excludes halogenated alkanes) is 1. The van der Waals surface area contributed by atoms with Crippen LogP contribution in [-0.2, 0) is 9.53 Å². The van der Waals surface area contributed by atoms with Gasteiger partial charge in [-0.3, -0.25) is 4.79 Å². The Hall–Kier alpha value is -0.530. The standard InChI is InChI=1S/C26H46O2/c1-3-5-18-26(19-16-23(17-20-26)22-10-7-6-8-11-22)25(27)28-24-14-12-21(9-4-2)13-15-24/h21-24H,3-20H2,1-2H3/t21?,23-,24?,26+. The van der Waals surface area contributed by atoms with Crippen LogP contribution in [0.5, 0.6) is 0 Å². The average Bonchev–Trinajstić information content (AvgIpc) is 2.75. The third-order valence-corrected chi connectivity index (χ3v) is 8.51. The van der Waals surface area contributed by atoms with Gasteiger partial charge in [0.1, 0.15) is 6.10 Å². The second-order valence-electron chi connectivity index (χ2n) is 10.5. The predicted octanol–water partition coefficient (Wildman–Crippen LogP) is 7.84. The molecule has 0 aromatic heterocycles. The summed E-state index contributed by atoms with van der Waals surface area (Å²) < 4.78 is 6.20. The van der Waals surface area contributed by atoms with Crippen molar-refractivity contribution in [1.29, 1.82) is 0 Å². The van der Waals surface area contributed by atoms with Crippen molar-refractivity contribution in [3.63, 3.8) is 0 Å². The summed E-state index contributed by atoms with van der Waals surface area (Å²) in [7, 11) is 0. The van der Waals surface area contributed by atoms with E-state index < -0.39 is 0 Å². The van der Waals surface area contributed by atoms with E-state index in [1.54, 1.807) is 0 Å². The van der Waals surface area contributed by atoms with Crippen LogP contribution >= 0.6 is 0 Å². The average molecular weight is 391 g/mol. The molecular formula is C26H46O2. The fourth-order valence-corrected chi connectivity index (χ4v) is 6.56. The van der Waals surface area contributed by atoms with Crippen molar-refractivity contribution in [3.8, 4) is 0 Å². The molecule has 3 rings (SSSR count). The second-order valence-corrected chi connectivity index (χ2v) is 10.5. The molecule has 0 atom stereocenters. The van der Waals surface area contributed by atoms with E-state index in [-0.39, 0.29) is 17.5 Å². The summed E-state index contributed by atoms with van der Waals surface area (Å²) in [6.45, 7) is 4.54. The lowest BCUT2D eigenvalue weighted by molar-refractivity contribution is -0.167. The quantitative estimate of drug-likeness (QED) is 0.395. The third-order valence-electron chi connectivity index (χ3n) is 8.51. The highest BCUT2D eigenvalue weighted by atomic mass is 16.5. The van der Waals surface area contributed by atoms with E-state index in [2.05, 4.69) is 13.8 Å². The lowest BCUT2D eigenvalue weighted by Gasteiger charge is -2.42. The van der Waals surface area contributed by atoms with Crippen LogP contribution in [-0.4, -0.2) is 12.1 Å². The van der Waals surface area contributed by atoms with Crippen molar-refractivity contribution in [1.82, 2.24) is 0 Å². The topological polar surface area (TPSA) is 26.3 Å². The van der Waals surface area contributed by atoms with Gasteiger partial charge in [0.25, 0.3) is 0 Å². The summed E-state index contributed by atoms with van der Waals surface area (Å²) >= 11 is 0. The maximum Gasteiger partial charge on any atom is 0.312 e. The molecule has 3 aliphatic rings. The van der Waals surface area contributed by atoms with Crippen LogP contribution < -0.4 is 0 Å². The van der Waals surface area contributed by atoms with Gasteiger partial charge >= 0.3 is 5.97 Å². The molecule has 3 fully saturated rings. The van der Waals surface area contributed by atoms with Gasteiger partial charge in [0.2, 0.25) is 0 Å². The van der Waals surface area contributed by atoms with E-state index in [1.165, 1.54) is 83.5 Å². The minimum atomic E-state index is -0.151. The Balaban J connectivity index is 1.53. The number of carbonyl (C=O) groups excluding carboxylic acids is 1. The maximum atomic E-state index is 13.4. The molecule has 0 aromatic rings. The zero-order chi connectivity index (χ0) is 19.8. The Morgan fingerprint density at radius 3 is 2.07 bits per heavy atom. The number of hydrogen-bond acceptors (Lipinski definition) is 2. The van der Waals surface area contributed by atoms with E-state index in [9.17, 15) is 4.79 Å². The second kappa shape index (κ2) is 11.0. The highest BCUT2D eigenvalue weighted by Gasteiger charge is 2.44. The van der Waals surface area contributed by atoms with Gasteiger partial charge in [-0.2, -0.15) is 0 Å². The minimum absolute atomic E-state index is 0.151. The fourth-order valence-electron chi connectivity index (χ4n) is 6.56. The van der Waals surface area contributed by atoms with E-state index >= 15 is 0 Å². The summed E-state index contributed by atoms with van der Waals surface area (Å²) in [5.74, 6) is 2.89. The predicted molar refractivity (Wildman–Crippen MR) is 117 cm³/mol. The van der Waals surface area contributed by atoms with Crippen LogP contribution in [0, 0.1) is 23.2 Å². The molecular weight excluding hydrogens is 344 g/mol. The van der Waals surface area contributed by atoms with Crippen molar-refractivity contribution >= 4 is 5.97 Å². The van der Waals surface area contributed by atoms with Gasteiger partial charge in [0.15, 0.2) is 0 Å². The largest absolute Gasteiger partial charge is 0.462 e. The van der Waals surface area contributed by atoms with Gasteiger partial charge in [0.05, 0.1) is 5.41 Å². The summed E-state index contributed by atoms with van der Waals surface area (Å²) in [4.78, 5) is 13.4. The molecule has 0 spiro atoms. The molecule has 0 N–H and O–H groups in total. The number of hydrogen-bond donors (Lipinski definition) is 0. The van der Waals surface area contributed by atoms with Gasteiger partial charge in [-0.1, -0.05) is 71.6 Å². The zero-order valence-electron chi connectivity index (χ0n) is 18.9. The Morgan fingerprint density at radius 2 is 1.46 bits per heavy atom. The van der Waals surface area contributed by atoms with Crippen LogP contribution in [0.3, 0.4) is 0 Å². The van der Waals surface area contributed by atoms with Gasteiger partial charge in [-0.25, -0.2) is 0 Å². The van der Waals surface area contributed by atoms with Gasteiger partial charge < -0.3 is 4.74 Å². The molecule has 0 bridgehead atoms. The van der Waals surface area contributed by atoms with Crippen LogP contribution in [0.4, 0.5) is 0 Å². The van der Waals surface area contributed by atoms with Gasteiger partial charge in [-0.05, 0) is 75.5 Å². The first-order chi connectivity index (χ1) is 13.7. The molecule has 0 heterocycles. The first-order valence-corrected chi connectivity index (χ1v) is 12.9. The van der Waals surface area contributed by atoms with Crippen molar-refractivity contribution < 1.29 is 9.53 Å². The van der Waals surface area contributed by atoms with Gasteiger partial charge in [0, 0.05) is 0 Å². The van der Waals surface area contributed by atoms with Crippen LogP contribution in [0.2, 0.25) is 0 Å².